The van der Waals surface area contributed by atoms with Gasteiger partial charge in [0, 0.05) is 5.02 Å². The standard InChI is InChI=1S/C22H21ClO4/c1-15-10-11-21(19(24)25,17-7-3-2-4-8-17)14-22(15,20(26)27)13-16-6-5-9-18(23)12-16/h2-10,12H,11,13-14H2,1H3,(H,24,25)(H,26,27). The van der Waals surface area contributed by atoms with Crippen molar-refractivity contribution in [1.82, 2.24) is 0 Å². The van der Waals surface area contributed by atoms with Gasteiger partial charge in [0.15, 0.2) is 0 Å². The molecule has 140 valence electrons. The summed E-state index contributed by atoms with van der Waals surface area (Å²) in [6.45, 7) is 1.77. The van der Waals surface area contributed by atoms with Crippen LogP contribution in [-0.4, -0.2) is 22.2 Å². The van der Waals surface area contributed by atoms with Gasteiger partial charge in [0.2, 0.25) is 0 Å². The van der Waals surface area contributed by atoms with E-state index in [9.17, 15) is 19.8 Å². The van der Waals surface area contributed by atoms with Gasteiger partial charge in [-0.3, -0.25) is 9.59 Å². The first kappa shape index (κ1) is 19.2. The van der Waals surface area contributed by atoms with Gasteiger partial charge < -0.3 is 10.2 Å². The third kappa shape index (κ3) is 3.37. The van der Waals surface area contributed by atoms with Crippen LogP contribution in [0.3, 0.4) is 0 Å². The number of halogens is 1. The van der Waals surface area contributed by atoms with Crippen LogP contribution in [0.25, 0.3) is 0 Å². The number of rotatable bonds is 5. The Morgan fingerprint density at radius 3 is 2.33 bits per heavy atom. The molecule has 2 atom stereocenters. The second-order valence-electron chi connectivity index (χ2n) is 7.22. The van der Waals surface area contributed by atoms with Gasteiger partial charge in [0.25, 0.3) is 0 Å². The van der Waals surface area contributed by atoms with Gasteiger partial charge in [0.05, 0.1) is 10.8 Å². The number of benzene rings is 2. The van der Waals surface area contributed by atoms with Crippen molar-refractivity contribution in [1.29, 1.82) is 0 Å². The third-order valence-electron chi connectivity index (χ3n) is 5.66. The molecule has 2 N–H and O–H groups in total. The summed E-state index contributed by atoms with van der Waals surface area (Å²) in [6, 6.07) is 16.0. The minimum absolute atomic E-state index is 0.0104. The molecule has 0 saturated heterocycles. The topological polar surface area (TPSA) is 74.6 Å². The molecule has 0 saturated carbocycles. The molecule has 27 heavy (non-hydrogen) atoms. The van der Waals surface area contributed by atoms with Crippen LogP contribution in [0.5, 0.6) is 0 Å². The molecule has 2 aromatic carbocycles. The molecule has 1 aliphatic carbocycles. The van der Waals surface area contributed by atoms with Gasteiger partial charge in [-0.25, -0.2) is 0 Å². The molecular formula is C22H21ClO4. The SMILES string of the molecule is CC1=CCC(C(=O)O)(c2ccccc2)CC1(Cc1cccc(Cl)c1)C(=O)O. The number of carboxylic acids is 2. The largest absolute Gasteiger partial charge is 0.481 e. The molecule has 0 spiro atoms. The monoisotopic (exact) mass is 384 g/mol. The molecule has 0 aliphatic heterocycles. The predicted octanol–water partition coefficient (Wildman–Crippen LogP) is 4.72. The fourth-order valence-corrected chi connectivity index (χ4v) is 4.24. The summed E-state index contributed by atoms with van der Waals surface area (Å²) >= 11 is 6.07. The van der Waals surface area contributed by atoms with Crippen LogP contribution in [0.1, 0.15) is 30.9 Å². The summed E-state index contributed by atoms with van der Waals surface area (Å²) in [4.78, 5) is 24.8. The van der Waals surface area contributed by atoms with E-state index in [1.165, 1.54) is 0 Å². The van der Waals surface area contributed by atoms with Crippen molar-refractivity contribution in [2.24, 2.45) is 5.41 Å². The molecule has 3 rings (SSSR count). The molecule has 0 amide bonds. The number of hydrogen-bond donors (Lipinski definition) is 2. The van der Waals surface area contributed by atoms with Crippen molar-refractivity contribution in [3.05, 3.63) is 82.4 Å². The average Bonchev–Trinajstić information content (AvgIpc) is 2.64. The van der Waals surface area contributed by atoms with E-state index in [0.717, 1.165) is 5.56 Å². The zero-order chi connectivity index (χ0) is 19.7. The quantitative estimate of drug-likeness (QED) is 0.731. The Kier molecular flexibility index (Phi) is 5.11. The molecule has 0 aromatic heterocycles. The van der Waals surface area contributed by atoms with Gasteiger partial charge >= 0.3 is 11.9 Å². The lowest BCUT2D eigenvalue weighted by Crippen LogP contribution is -2.49. The summed E-state index contributed by atoms with van der Waals surface area (Å²) in [5.41, 5.74) is -0.512. The number of allylic oxidation sites excluding steroid dienone is 1. The molecule has 0 heterocycles. The highest BCUT2D eigenvalue weighted by atomic mass is 35.5. The van der Waals surface area contributed by atoms with Crippen molar-refractivity contribution >= 4 is 23.5 Å². The highest BCUT2D eigenvalue weighted by Gasteiger charge is 2.54. The fraction of sp³-hybridized carbons (Fsp3) is 0.273. The Hall–Kier alpha value is -2.59. The van der Waals surface area contributed by atoms with Crippen LogP contribution >= 0.6 is 11.6 Å². The minimum Gasteiger partial charge on any atom is -0.481 e. The van der Waals surface area contributed by atoms with E-state index in [2.05, 4.69) is 0 Å². The Morgan fingerprint density at radius 1 is 1.04 bits per heavy atom. The number of hydrogen-bond acceptors (Lipinski definition) is 2. The van der Waals surface area contributed by atoms with Crippen LogP contribution < -0.4 is 0 Å². The van der Waals surface area contributed by atoms with Crippen molar-refractivity contribution in [2.75, 3.05) is 0 Å². The van der Waals surface area contributed by atoms with Crippen LogP contribution in [0.2, 0.25) is 5.02 Å². The third-order valence-corrected chi connectivity index (χ3v) is 5.89. The van der Waals surface area contributed by atoms with Gasteiger partial charge in [-0.15, -0.1) is 0 Å². The first-order valence-corrected chi connectivity index (χ1v) is 9.12. The van der Waals surface area contributed by atoms with Gasteiger partial charge in [-0.2, -0.15) is 0 Å². The lowest BCUT2D eigenvalue weighted by molar-refractivity contribution is -0.152. The van der Waals surface area contributed by atoms with Gasteiger partial charge in [-0.1, -0.05) is 65.7 Å². The molecule has 2 aromatic rings. The average molecular weight is 385 g/mol. The Bertz CT molecular complexity index is 906. The lowest BCUT2D eigenvalue weighted by atomic mass is 9.58. The molecular weight excluding hydrogens is 364 g/mol. The maximum absolute atomic E-state index is 12.5. The Morgan fingerprint density at radius 2 is 1.74 bits per heavy atom. The van der Waals surface area contributed by atoms with Gasteiger partial charge in [-0.05, 0) is 49.4 Å². The van der Waals surface area contributed by atoms with E-state index in [1.807, 2.05) is 12.1 Å². The van der Waals surface area contributed by atoms with Crippen LogP contribution in [0.15, 0.2) is 66.2 Å². The minimum atomic E-state index is -1.31. The van der Waals surface area contributed by atoms with E-state index in [-0.39, 0.29) is 19.3 Å². The fourth-order valence-electron chi connectivity index (χ4n) is 4.03. The molecule has 0 fully saturated rings. The maximum atomic E-state index is 12.5. The van der Waals surface area contributed by atoms with E-state index in [1.54, 1.807) is 55.5 Å². The second-order valence-corrected chi connectivity index (χ2v) is 7.65. The summed E-state index contributed by atoms with van der Waals surface area (Å²) < 4.78 is 0. The number of carboxylic acid groups (broad SMARTS) is 2. The van der Waals surface area contributed by atoms with Crippen molar-refractivity contribution in [3.8, 4) is 0 Å². The van der Waals surface area contributed by atoms with Crippen LogP contribution in [0.4, 0.5) is 0 Å². The smallest absolute Gasteiger partial charge is 0.314 e. The Balaban J connectivity index is 2.13. The van der Waals surface area contributed by atoms with Crippen LogP contribution in [-0.2, 0) is 21.4 Å². The van der Waals surface area contributed by atoms with Crippen molar-refractivity contribution < 1.29 is 19.8 Å². The van der Waals surface area contributed by atoms with Crippen molar-refractivity contribution in [2.45, 2.75) is 31.6 Å². The normalized spacial score (nSPS) is 24.9. The van der Waals surface area contributed by atoms with Crippen molar-refractivity contribution in [3.63, 3.8) is 0 Å². The van der Waals surface area contributed by atoms with Crippen LogP contribution in [0, 0.1) is 5.41 Å². The molecule has 2 unspecified atom stereocenters. The maximum Gasteiger partial charge on any atom is 0.314 e. The number of carbonyl (C=O) groups is 2. The lowest BCUT2D eigenvalue weighted by Gasteiger charge is -2.43. The molecule has 5 heteroatoms. The molecule has 0 radical (unpaired) electrons. The summed E-state index contributed by atoms with van der Waals surface area (Å²) in [5, 5.41) is 20.8. The van der Waals surface area contributed by atoms with Gasteiger partial charge in [0.1, 0.15) is 0 Å². The highest BCUT2D eigenvalue weighted by molar-refractivity contribution is 6.30. The first-order chi connectivity index (χ1) is 12.8. The summed E-state index contributed by atoms with van der Waals surface area (Å²) in [5.74, 6) is -2.02. The second kappa shape index (κ2) is 7.20. The molecule has 1 aliphatic rings. The molecule has 4 nitrogen and oxygen atoms in total. The summed E-state index contributed by atoms with van der Waals surface area (Å²) in [6.07, 6.45) is 2.21. The van der Waals surface area contributed by atoms with E-state index in [0.29, 0.717) is 16.2 Å². The molecule has 0 bridgehead atoms. The van der Waals surface area contributed by atoms with E-state index < -0.39 is 22.8 Å². The zero-order valence-corrected chi connectivity index (χ0v) is 15.7. The Labute approximate surface area is 163 Å². The zero-order valence-electron chi connectivity index (χ0n) is 15.0. The number of aliphatic carboxylic acids is 2. The predicted molar refractivity (Wildman–Crippen MR) is 104 cm³/mol. The van der Waals surface area contributed by atoms with E-state index >= 15 is 0 Å². The van der Waals surface area contributed by atoms with E-state index in [4.69, 9.17) is 11.6 Å². The first-order valence-electron chi connectivity index (χ1n) is 8.74. The summed E-state index contributed by atoms with van der Waals surface area (Å²) in [7, 11) is 0. The highest BCUT2D eigenvalue weighted by Crippen LogP contribution is 2.50.